The van der Waals surface area contributed by atoms with Gasteiger partial charge >= 0.3 is 0 Å². The Morgan fingerprint density at radius 3 is 2.61 bits per heavy atom. The third kappa shape index (κ3) is 2.92. The summed E-state index contributed by atoms with van der Waals surface area (Å²) in [4.78, 5) is 0. The first-order chi connectivity index (χ1) is 8.72. The van der Waals surface area contributed by atoms with Crippen molar-refractivity contribution in [2.75, 3.05) is 6.54 Å². The summed E-state index contributed by atoms with van der Waals surface area (Å²) in [5.74, 6) is 0. The second kappa shape index (κ2) is 6.03. The van der Waals surface area contributed by atoms with E-state index in [9.17, 15) is 0 Å². The van der Waals surface area contributed by atoms with Gasteiger partial charge in [-0.05, 0) is 42.3 Å². The van der Waals surface area contributed by atoms with Crippen molar-refractivity contribution in [2.24, 2.45) is 0 Å². The highest BCUT2D eigenvalue weighted by atomic mass is 35.5. The molecule has 2 heteroatoms. The lowest BCUT2D eigenvalue weighted by Gasteiger charge is -2.17. The first kappa shape index (κ1) is 13.1. The lowest BCUT2D eigenvalue weighted by molar-refractivity contribution is 0.599. The standard InChI is InChI=1S/C16H18ClN/c1-3-18-12(2)15-9-4-5-10-16(15)13-7-6-8-14(17)11-13/h4-12,18H,3H2,1-2H3. The summed E-state index contributed by atoms with van der Waals surface area (Å²) < 4.78 is 0. The number of hydrogen-bond donors (Lipinski definition) is 1. The molecule has 0 aliphatic carbocycles. The lowest BCUT2D eigenvalue weighted by atomic mass is 9.95. The summed E-state index contributed by atoms with van der Waals surface area (Å²) in [7, 11) is 0. The van der Waals surface area contributed by atoms with E-state index in [2.05, 4.69) is 49.5 Å². The molecule has 0 saturated carbocycles. The van der Waals surface area contributed by atoms with Crippen molar-refractivity contribution in [2.45, 2.75) is 19.9 Å². The fourth-order valence-electron chi connectivity index (χ4n) is 2.21. The Bertz CT molecular complexity index is 522. The van der Waals surface area contributed by atoms with Crippen LogP contribution in [0, 0.1) is 0 Å². The van der Waals surface area contributed by atoms with Crippen LogP contribution in [-0.4, -0.2) is 6.54 Å². The number of nitrogens with one attached hydrogen (secondary N) is 1. The first-order valence-corrected chi connectivity index (χ1v) is 6.68. The topological polar surface area (TPSA) is 12.0 Å². The summed E-state index contributed by atoms with van der Waals surface area (Å²) in [5.41, 5.74) is 3.72. The molecule has 0 saturated heterocycles. The maximum absolute atomic E-state index is 6.07. The first-order valence-electron chi connectivity index (χ1n) is 6.30. The smallest absolute Gasteiger partial charge is 0.0412 e. The molecular weight excluding hydrogens is 242 g/mol. The van der Waals surface area contributed by atoms with Gasteiger partial charge in [0, 0.05) is 11.1 Å². The Morgan fingerprint density at radius 1 is 1.11 bits per heavy atom. The molecule has 0 fully saturated rings. The average molecular weight is 260 g/mol. The van der Waals surface area contributed by atoms with Crippen LogP contribution in [0.25, 0.3) is 11.1 Å². The van der Waals surface area contributed by atoms with E-state index in [1.165, 1.54) is 16.7 Å². The highest BCUT2D eigenvalue weighted by Gasteiger charge is 2.10. The van der Waals surface area contributed by atoms with E-state index >= 15 is 0 Å². The Labute approximate surface area is 114 Å². The molecule has 0 aliphatic heterocycles. The molecular formula is C16H18ClN. The quantitative estimate of drug-likeness (QED) is 0.841. The van der Waals surface area contributed by atoms with Crippen LogP contribution in [0.5, 0.6) is 0 Å². The van der Waals surface area contributed by atoms with E-state index in [4.69, 9.17) is 11.6 Å². The Morgan fingerprint density at radius 2 is 1.89 bits per heavy atom. The largest absolute Gasteiger partial charge is 0.310 e. The Hall–Kier alpha value is -1.31. The monoisotopic (exact) mass is 259 g/mol. The SMILES string of the molecule is CCNC(C)c1ccccc1-c1cccc(Cl)c1. The normalized spacial score (nSPS) is 12.4. The molecule has 1 atom stereocenters. The highest BCUT2D eigenvalue weighted by Crippen LogP contribution is 2.29. The van der Waals surface area contributed by atoms with Crippen LogP contribution in [-0.2, 0) is 0 Å². The average Bonchev–Trinajstić information content (AvgIpc) is 2.39. The second-order valence-corrected chi connectivity index (χ2v) is 4.81. The van der Waals surface area contributed by atoms with Crippen LogP contribution < -0.4 is 5.32 Å². The number of benzene rings is 2. The summed E-state index contributed by atoms with van der Waals surface area (Å²) >= 11 is 6.07. The van der Waals surface area contributed by atoms with Crippen LogP contribution >= 0.6 is 11.6 Å². The molecule has 1 nitrogen and oxygen atoms in total. The molecule has 1 unspecified atom stereocenters. The number of rotatable bonds is 4. The molecule has 1 N–H and O–H groups in total. The zero-order valence-corrected chi connectivity index (χ0v) is 11.5. The minimum atomic E-state index is 0.338. The van der Waals surface area contributed by atoms with Gasteiger partial charge in [-0.3, -0.25) is 0 Å². The van der Waals surface area contributed by atoms with Crippen LogP contribution in [0.4, 0.5) is 0 Å². The molecule has 2 aromatic rings. The third-order valence-corrected chi connectivity index (χ3v) is 3.31. The molecule has 0 spiro atoms. The van der Waals surface area contributed by atoms with Gasteiger partial charge in [0.25, 0.3) is 0 Å². The van der Waals surface area contributed by atoms with Crippen LogP contribution in [0.15, 0.2) is 48.5 Å². The van der Waals surface area contributed by atoms with Gasteiger partial charge < -0.3 is 5.32 Å². The van der Waals surface area contributed by atoms with Crippen LogP contribution in [0.2, 0.25) is 5.02 Å². The summed E-state index contributed by atoms with van der Waals surface area (Å²) in [6.45, 7) is 5.27. The molecule has 94 valence electrons. The third-order valence-electron chi connectivity index (χ3n) is 3.07. The second-order valence-electron chi connectivity index (χ2n) is 4.38. The number of halogens is 1. The van der Waals surface area contributed by atoms with E-state index < -0.39 is 0 Å². The molecule has 2 rings (SSSR count). The van der Waals surface area contributed by atoms with E-state index in [0.717, 1.165) is 11.6 Å². The highest BCUT2D eigenvalue weighted by molar-refractivity contribution is 6.30. The lowest BCUT2D eigenvalue weighted by Crippen LogP contribution is -2.18. The zero-order chi connectivity index (χ0) is 13.0. The predicted molar refractivity (Wildman–Crippen MR) is 79.0 cm³/mol. The number of hydrogen-bond acceptors (Lipinski definition) is 1. The van der Waals surface area contributed by atoms with Gasteiger partial charge in [-0.1, -0.05) is 54.9 Å². The van der Waals surface area contributed by atoms with Gasteiger partial charge in [-0.25, -0.2) is 0 Å². The van der Waals surface area contributed by atoms with Gasteiger partial charge in [0.05, 0.1) is 0 Å². The van der Waals surface area contributed by atoms with Gasteiger partial charge in [-0.2, -0.15) is 0 Å². The van der Waals surface area contributed by atoms with Gasteiger partial charge in [0.2, 0.25) is 0 Å². The van der Waals surface area contributed by atoms with Crippen molar-refractivity contribution < 1.29 is 0 Å². The van der Waals surface area contributed by atoms with Crippen molar-refractivity contribution >= 4 is 11.6 Å². The van der Waals surface area contributed by atoms with E-state index in [1.54, 1.807) is 0 Å². The molecule has 18 heavy (non-hydrogen) atoms. The molecule has 0 heterocycles. The van der Waals surface area contributed by atoms with Crippen molar-refractivity contribution in [1.29, 1.82) is 0 Å². The summed E-state index contributed by atoms with van der Waals surface area (Å²) in [5, 5.41) is 4.23. The molecule has 0 radical (unpaired) electrons. The van der Waals surface area contributed by atoms with E-state index in [0.29, 0.717) is 6.04 Å². The van der Waals surface area contributed by atoms with E-state index in [-0.39, 0.29) is 0 Å². The van der Waals surface area contributed by atoms with Crippen LogP contribution in [0.3, 0.4) is 0 Å². The van der Waals surface area contributed by atoms with Gasteiger partial charge in [-0.15, -0.1) is 0 Å². The molecule has 0 amide bonds. The zero-order valence-electron chi connectivity index (χ0n) is 10.8. The van der Waals surface area contributed by atoms with Crippen molar-refractivity contribution in [1.82, 2.24) is 5.32 Å². The van der Waals surface area contributed by atoms with Crippen molar-refractivity contribution in [3.8, 4) is 11.1 Å². The van der Waals surface area contributed by atoms with Gasteiger partial charge in [0.1, 0.15) is 0 Å². The van der Waals surface area contributed by atoms with E-state index in [1.807, 2.05) is 18.2 Å². The summed E-state index contributed by atoms with van der Waals surface area (Å²) in [6, 6.07) is 16.8. The Kier molecular flexibility index (Phi) is 4.40. The fraction of sp³-hybridized carbons (Fsp3) is 0.250. The van der Waals surface area contributed by atoms with Crippen molar-refractivity contribution in [3.05, 3.63) is 59.1 Å². The molecule has 2 aromatic carbocycles. The molecule has 0 bridgehead atoms. The fourth-order valence-corrected chi connectivity index (χ4v) is 2.40. The molecule has 0 aliphatic rings. The van der Waals surface area contributed by atoms with Crippen LogP contribution in [0.1, 0.15) is 25.5 Å². The minimum absolute atomic E-state index is 0.338. The Balaban J connectivity index is 2.44. The van der Waals surface area contributed by atoms with Gasteiger partial charge in [0.15, 0.2) is 0 Å². The van der Waals surface area contributed by atoms with Crippen molar-refractivity contribution in [3.63, 3.8) is 0 Å². The minimum Gasteiger partial charge on any atom is -0.310 e. The molecule has 0 aromatic heterocycles. The predicted octanol–water partition coefficient (Wildman–Crippen LogP) is 4.68. The maximum Gasteiger partial charge on any atom is 0.0412 e. The maximum atomic E-state index is 6.07. The summed E-state index contributed by atoms with van der Waals surface area (Å²) in [6.07, 6.45) is 0.